The lowest BCUT2D eigenvalue weighted by Crippen LogP contribution is -2.43. The molecule has 3 nitrogen and oxygen atoms in total. The Kier molecular flexibility index (Phi) is 18.1. The predicted octanol–water partition coefficient (Wildman–Crippen LogP) is 5.03. The molecule has 0 aromatic rings. The number of nitrogens with two attached hydrogens (primary N) is 2. The third-order valence-corrected chi connectivity index (χ3v) is 4.84. The minimum atomic E-state index is 0.217. The molecule has 0 rings (SSSR count). The van der Waals surface area contributed by atoms with Crippen LogP contribution in [-0.2, 0) is 0 Å². The van der Waals surface area contributed by atoms with E-state index in [0.29, 0.717) is 0 Å². The van der Waals surface area contributed by atoms with Crippen molar-refractivity contribution in [3.8, 4) is 0 Å². The number of unbranched alkanes of at least 4 members (excludes halogenated alkanes) is 11. The first-order chi connectivity index (χ1) is 11.3. The monoisotopic (exact) mass is 327 g/mol. The molecule has 4 N–H and O–H groups in total. The highest BCUT2D eigenvalue weighted by Gasteiger charge is 2.10. The first kappa shape index (κ1) is 22.9. The van der Waals surface area contributed by atoms with Gasteiger partial charge in [0, 0.05) is 6.54 Å². The molecule has 0 aliphatic rings. The van der Waals surface area contributed by atoms with Gasteiger partial charge in [0.05, 0.1) is 6.17 Å². The number of nitrogens with zero attached hydrogens (tertiary/aromatic N) is 1. The third kappa shape index (κ3) is 15.2. The average Bonchev–Trinajstić information content (AvgIpc) is 2.57. The van der Waals surface area contributed by atoms with Gasteiger partial charge in [-0.1, -0.05) is 84.5 Å². The van der Waals surface area contributed by atoms with Gasteiger partial charge < -0.3 is 11.5 Å². The smallest absolute Gasteiger partial charge is 0.0569 e. The van der Waals surface area contributed by atoms with Gasteiger partial charge in [-0.3, -0.25) is 4.90 Å². The summed E-state index contributed by atoms with van der Waals surface area (Å²) in [5.74, 6) is 0. The van der Waals surface area contributed by atoms with Gasteiger partial charge in [0.25, 0.3) is 0 Å². The van der Waals surface area contributed by atoms with Crippen LogP contribution < -0.4 is 11.5 Å². The van der Waals surface area contributed by atoms with Crippen LogP contribution in [0.5, 0.6) is 0 Å². The first-order valence-corrected chi connectivity index (χ1v) is 10.5. The number of hydrogen-bond donors (Lipinski definition) is 2. The summed E-state index contributed by atoms with van der Waals surface area (Å²) in [5.41, 5.74) is 11.8. The quantitative estimate of drug-likeness (QED) is 0.274. The molecule has 0 spiro atoms. The van der Waals surface area contributed by atoms with Gasteiger partial charge in [0.15, 0.2) is 0 Å². The van der Waals surface area contributed by atoms with Crippen molar-refractivity contribution in [2.45, 2.75) is 110 Å². The summed E-state index contributed by atoms with van der Waals surface area (Å²) in [6.45, 7) is 7.43. The minimum Gasteiger partial charge on any atom is -0.330 e. The summed E-state index contributed by atoms with van der Waals surface area (Å²) < 4.78 is 0. The van der Waals surface area contributed by atoms with E-state index in [9.17, 15) is 0 Å². The van der Waals surface area contributed by atoms with Crippen molar-refractivity contribution in [2.24, 2.45) is 11.5 Å². The van der Waals surface area contributed by atoms with Gasteiger partial charge in [-0.25, -0.2) is 0 Å². The second kappa shape index (κ2) is 18.2. The van der Waals surface area contributed by atoms with Crippen molar-refractivity contribution >= 4 is 0 Å². The Morgan fingerprint density at radius 2 is 1.09 bits per heavy atom. The SMILES string of the molecule is CCCCCCCCCCCCCCN(CCCN)C(N)CC. The van der Waals surface area contributed by atoms with E-state index >= 15 is 0 Å². The Balaban J connectivity index is 3.38. The van der Waals surface area contributed by atoms with E-state index in [1.165, 1.54) is 77.0 Å². The molecule has 0 aliphatic heterocycles. The molecule has 1 unspecified atom stereocenters. The lowest BCUT2D eigenvalue weighted by Gasteiger charge is -2.28. The van der Waals surface area contributed by atoms with Crippen LogP contribution in [0.1, 0.15) is 104 Å². The van der Waals surface area contributed by atoms with E-state index in [0.717, 1.165) is 32.5 Å². The molecule has 3 heteroatoms. The topological polar surface area (TPSA) is 55.3 Å². The molecule has 0 saturated carbocycles. The van der Waals surface area contributed by atoms with Gasteiger partial charge >= 0.3 is 0 Å². The van der Waals surface area contributed by atoms with Crippen LogP contribution in [0.25, 0.3) is 0 Å². The van der Waals surface area contributed by atoms with Crippen LogP contribution in [-0.4, -0.2) is 30.7 Å². The molecule has 0 fully saturated rings. The molecule has 0 bridgehead atoms. The van der Waals surface area contributed by atoms with Crippen molar-refractivity contribution in [2.75, 3.05) is 19.6 Å². The fourth-order valence-corrected chi connectivity index (χ4v) is 3.15. The van der Waals surface area contributed by atoms with Crippen molar-refractivity contribution < 1.29 is 0 Å². The second-order valence-corrected chi connectivity index (χ2v) is 7.04. The molecule has 0 heterocycles. The van der Waals surface area contributed by atoms with E-state index < -0.39 is 0 Å². The van der Waals surface area contributed by atoms with Gasteiger partial charge in [-0.05, 0) is 32.4 Å². The maximum Gasteiger partial charge on any atom is 0.0569 e. The summed E-state index contributed by atoms with van der Waals surface area (Å²) >= 11 is 0. The molecule has 0 aliphatic carbocycles. The maximum atomic E-state index is 6.18. The average molecular weight is 328 g/mol. The molecule has 0 amide bonds. The number of rotatable bonds is 18. The van der Waals surface area contributed by atoms with Crippen LogP contribution in [0.2, 0.25) is 0 Å². The van der Waals surface area contributed by atoms with Gasteiger partial charge in [-0.2, -0.15) is 0 Å². The Labute approximate surface area is 146 Å². The molecule has 23 heavy (non-hydrogen) atoms. The summed E-state index contributed by atoms with van der Waals surface area (Å²) in [5, 5.41) is 0. The maximum absolute atomic E-state index is 6.18. The lowest BCUT2D eigenvalue weighted by molar-refractivity contribution is 0.189. The second-order valence-electron chi connectivity index (χ2n) is 7.04. The van der Waals surface area contributed by atoms with E-state index in [-0.39, 0.29) is 6.17 Å². The predicted molar refractivity (Wildman–Crippen MR) is 105 cm³/mol. The van der Waals surface area contributed by atoms with Crippen molar-refractivity contribution in [1.82, 2.24) is 4.90 Å². The normalized spacial score (nSPS) is 12.9. The van der Waals surface area contributed by atoms with Crippen molar-refractivity contribution in [1.29, 1.82) is 0 Å². The van der Waals surface area contributed by atoms with E-state index in [1.807, 2.05) is 0 Å². The lowest BCUT2D eigenvalue weighted by atomic mass is 10.1. The fourth-order valence-electron chi connectivity index (χ4n) is 3.15. The van der Waals surface area contributed by atoms with Gasteiger partial charge in [0.1, 0.15) is 0 Å². The van der Waals surface area contributed by atoms with E-state index in [1.54, 1.807) is 0 Å². The van der Waals surface area contributed by atoms with E-state index in [2.05, 4.69) is 18.7 Å². The third-order valence-electron chi connectivity index (χ3n) is 4.84. The molecule has 0 saturated heterocycles. The van der Waals surface area contributed by atoms with E-state index in [4.69, 9.17) is 11.5 Å². The highest BCUT2D eigenvalue weighted by atomic mass is 15.2. The van der Waals surface area contributed by atoms with Gasteiger partial charge in [-0.15, -0.1) is 0 Å². The zero-order valence-electron chi connectivity index (χ0n) is 16.2. The molecule has 1 atom stereocenters. The number of hydrogen-bond acceptors (Lipinski definition) is 3. The Bertz CT molecular complexity index is 221. The molecular formula is C20H45N3. The summed E-state index contributed by atoms with van der Waals surface area (Å²) in [7, 11) is 0. The summed E-state index contributed by atoms with van der Waals surface area (Å²) in [4.78, 5) is 2.42. The highest BCUT2D eigenvalue weighted by Crippen LogP contribution is 2.12. The molecule has 0 aromatic carbocycles. The van der Waals surface area contributed by atoms with Crippen LogP contribution in [0.15, 0.2) is 0 Å². The standard InChI is InChI=1S/C20H45N3/c1-3-5-6-7-8-9-10-11-12-13-14-15-18-23(19-16-17-21)20(22)4-2/h20H,3-19,21-22H2,1-2H3. The zero-order valence-corrected chi connectivity index (χ0v) is 16.2. The molecule has 0 aromatic heterocycles. The van der Waals surface area contributed by atoms with Crippen molar-refractivity contribution in [3.05, 3.63) is 0 Å². The van der Waals surface area contributed by atoms with Gasteiger partial charge in [0.2, 0.25) is 0 Å². The van der Waals surface area contributed by atoms with Crippen LogP contribution >= 0.6 is 0 Å². The Morgan fingerprint density at radius 3 is 1.52 bits per heavy atom. The van der Waals surface area contributed by atoms with Crippen LogP contribution in [0, 0.1) is 0 Å². The molecule has 0 radical (unpaired) electrons. The summed E-state index contributed by atoms with van der Waals surface area (Å²) in [6, 6.07) is 0. The van der Waals surface area contributed by atoms with Crippen molar-refractivity contribution in [3.63, 3.8) is 0 Å². The summed E-state index contributed by atoms with van der Waals surface area (Å²) in [6.07, 6.45) is 19.2. The zero-order chi connectivity index (χ0) is 17.2. The molecule has 140 valence electrons. The Hall–Kier alpha value is -0.120. The fraction of sp³-hybridized carbons (Fsp3) is 1.00. The van der Waals surface area contributed by atoms with Crippen LogP contribution in [0.4, 0.5) is 0 Å². The van der Waals surface area contributed by atoms with Crippen LogP contribution in [0.3, 0.4) is 0 Å². The molecular weight excluding hydrogens is 282 g/mol. The highest BCUT2D eigenvalue weighted by molar-refractivity contribution is 4.65. The largest absolute Gasteiger partial charge is 0.330 e. The first-order valence-electron chi connectivity index (χ1n) is 10.5. The minimum absolute atomic E-state index is 0.217. The Morgan fingerprint density at radius 1 is 0.652 bits per heavy atom.